The fourth-order valence-corrected chi connectivity index (χ4v) is 1.96. The largest absolute Gasteiger partial charge is 0.303 e. The fourth-order valence-electron chi connectivity index (χ4n) is 1.72. The van der Waals surface area contributed by atoms with Gasteiger partial charge in [0.1, 0.15) is 5.82 Å². The Morgan fingerprint density at radius 3 is 2.31 bits per heavy atom. The molecule has 82 valence electrons. The van der Waals surface area contributed by atoms with Gasteiger partial charge < -0.3 is 4.57 Å². The van der Waals surface area contributed by atoms with E-state index in [1.807, 2.05) is 30.5 Å². The smallest absolute Gasteiger partial charge is 0.182 e. The summed E-state index contributed by atoms with van der Waals surface area (Å²) in [5.74, 6) is 0.818. The highest BCUT2D eigenvalue weighted by Crippen LogP contribution is 2.13. The molecule has 0 unspecified atom stereocenters. The van der Waals surface area contributed by atoms with Crippen molar-refractivity contribution in [2.24, 2.45) is 0 Å². The zero-order chi connectivity index (χ0) is 11.7. The van der Waals surface area contributed by atoms with E-state index in [9.17, 15) is 4.79 Å². The zero-order valence-electron chi connectivity index (χ0n) is 9.07. The molecule has 0 atom stereocenters. The van der Waals surface area contributed by atoms with Gasteiger partial charge in [-0.05, 0) is 41.9 Å². The van der Waals surface area contributed by atoms with Crippen LogP contribution in [0.3, 0.4) is 0 Å². The summed E-state index contributed by atoms with van der Waals surface area (Å²) < 4.78 is 2.89. The van der Waals surface area contributed by atoms with Gasteiger partial charge in [-0.1, -0.05) is 0 Å². The molecule has 0 saturated carbocycles. The van der Waals surface area contributed by atoms with Crippen molar-refractivity contribution < 1.29 is 0 Å². The van der Waals surface area contributed by atoms with E-state index >= 15 is 0 Å². The second kappa shape index (κ2) is 4.22. The Labute approximate surface area is 102 Å². The Bertz CT molecular complexity index is 546. The lowest BCUT2D eigenvalue weighted by Gasteiger charge is -2.12. The van der Waals surface area contributed by atoms with Crippen LogP contribution in [-0.4, -0.2) is 9.55 Å². The number of rotatable bonds is 1. The van der Waals surface area contributed by atoms with Crippen molar-refractivity contribution in [1.82, 2.24) is 9.55 Å². The number of halogens is 1. The molecule has 2 aromatic rings. The average molecular weight is 279 g/mol. The molecule has 4 heteroatoms. The lowest BCUT2D eigenvalue weighted by Crippen LogP contribution is -2.12. The lowest BCUT2D eigenvalue weighted by molar-refractivity contribution is 0.886. The maximum absolute atomic E-state index is 11.3. The number of aromatic nitrogens is 2. The molecule has 0 aliphatic rings. The second-order valence-corrected chi connectivity index (χ2v) is 4.56. The summed E-state index contributed by atoms with van der Waals surface area (Å²) in [5.41, 5.74) is 1.81. The summed E-state index contributed by atoms with van der Waals surface area (Å²) in [6.45, 7) is 3.80. The SMILES string of the molecule is Cc1cc(=O)cc(C)n1-c1ccc(Br)cn1. The van der Waals surface area contributed by atoms with Crippen LogP contribution >= 0.6 is 15.9 Å². The number of hydrogen-bond acceptors (Lipinski definition) is 2. The predicted octanol–water partition coefficient (Wildman–Crippen LogP) is 2.61. The molecule has 3 nitrogen and oxygen atoms in total. The monoisotopic (exact) mass is 278 g/mol. The van der Waals surface area contributed by atoms with Gasteiger partial charge in [-0.2, -0.15) is 0 Å². The van der Waals surface area contributed by atoms with Gasteiger partial charge in [0.05, 0.1) is 0 Å². The Morgan fingerprint density at radius 2 is 1.81 bits per heavy atom. The first-order valence-electron chi connectivity index (χ1n) is 4.90. The molecule has 0 saturated heterocycles. The fraction of sp³-hybridized carbons (Fsp3) is 0.167. The van der Waals surface area contributed by atoms with E-state index < -0.39 is 0 Å². The Kier molecular flexibility index (Phi) is 2.92. The standard InChI is InChI=1S/C12H11BrN2O/c1-8-5-11(16)6-9(2)15(8)12-4-3-10(13)7-14-12/h3-7H,1-2H3. The van der Waals surface area contributed by atoms with Crippen LogP contribution in [0.5, 0.6) is 0 Å². The Morgan fingerprint density at radius 1 is 1.19 bits per heavy atom. The lowest BCUT2D eigenvalue weighted by atomic mass is 10.3. The zero-order valence-corrected chi connectivity index (χ0v) is 10.7. The maximum atomic E-state index is 11.3. The van der Waals surface area contributed by atoms with E-state index in [0.29, 0.717) is 0 Å². The van der Waals surface area contributed by atoms with Crippen molar-refractivity contribution in [3.05, 3.63) is 56.5 Å². The van der Waals surface area contributed by atoms with Crippen molar-refractivity contribution in [2.45, 2.75) is 13.8 Å². The van der Waals surface area contributed by atoms with Gasteiger partial charge in [-0.25, -0.2) is 4.98 Å². The first-order chi connectivity index (χ1) is 7.58. The molecule has 0 amide bonds. The van der Waals surface area contributed by atoms with Gasteiger partial charge in [-0.3, -0.25) is 4.79 Å². The van der Waals surface area contributed by atoms with E-state index in [2.05, 4.69) is 20.9 Å². The highest BCUT2D eigenvalue weighted by atomic mass is 79.9. The van der Waals surface area contributed by atoms with Crippen molar-refractivity contribution in [1.29, 1.82) is 0 Å². The third-order valence-electron chi connectivity index (χ3n) is 2.35. The summed E-state index contributed by atoms with van der Waals surface area (Å²) in [6, 6.07) is 7.06. The summed E-state index contributed by atoms with van der Waals surface area (Å²) in [6.07, 6.45) is 1.74. The van der Waals surface area contributed by atoms with Crippen molar-refractivity contribution in [2.75, 3.05) is 0 Å². The first kappa shape index (κ1) is 11.1. The molecule has 0 aliphatic carbocycles. The molecule has 0 spiro atoms. The van der Waals surface area contributed by atoms with E-state index in [1.54, 1.807) is 18.3 Å². The van der Waals surface area contributed by atoms with Crippen LogP contribution in [0.2, 0.25) is 0 Å². The highest BCUT2D eigenvalue weighted by Gasteiger charge is 2.04. The summed E-state index contributed by atoms with van der Waals surface area (Å²) in [7, 11) is 0. The summed E-state index contributed by atoms with van der Waals surface area (Å²) in [5, 5.41) is 0. The molecule has 16 heavy (non-hydrogen) atoms. The van der Waals surface area contributed by atoms with Crippen LogP contribution in [0, 0.1) is 13.8 Å². The van der Waals surface area contributed by atoms with E-state index in [0.717, 1.165) is 21.7 Å². The van der Waals surface area contributed by atoms with Crippen LogP contribution in [0.1, 0.15) is 11.4 Å². The van der Waals surface area contributed by atoms with Gasteiger partial charge in [-0.15, -0.1) is 0 Å². The van der Waals surface area contributed by atoms with Crippen LogP contribution in [-0.2, 0) is 0 Å². The molecule has 0 N–H and O–H groups in total. The molecule has 2 rings (SSSR count). The van der Waals surface area contributed by atoms with Crippen LogP contribution in [0.4, 0.5) is 0 Å². The molecular weight excluding hydrogens is 268 g/mol. The van der Waals surface area contributed by atoms with Gasteiger partial charge in [0, 0.05) is 34.2 Å². The van der Waals surface area contributed by atoms with Gasteiger partial charge in [0.2, 0.25) is 0 Å². The van der Waals surface area contributed by atoms with Crippen LogP contribution < -0.4 is 5.43 Å². The predicted molar refractivity (Wildman–Crippen MR) is 67.0 cm³/mol. The maximum Gasteiger partial charge on any atom is 0.182 e. The molecule has 2 aromatic heterocycles. The Hall–Kier alpha value is -1.42. The van der Waals surface area contributed by atoms with E-state index in [4.69, 9.17) is 0 Å². The van der Waals surface area contributed by atoms with Crippen molar-refractivity contribution >= 4 is 15.9 Å². The number of hydrogen-bond donors (Lipinski definition) is 0. The second-order valence-electron chi connectivity index (χ2n) is 3.64. The molecule has 0 fully saturated rings. The third kappa shape index (κ3) is 2.07. The minimum Gasteiger partial charge on any atom is -0.303 e. The molecule has 0 aromatic carbocycles. The quantitative estimate of drug-likeness (QED) is 0.804. The highest BCUT2D eigenvalue weighted by molar-refractivity contribution is 9.10. The minimum atomic E-state index is 0.0309. The first-order valence-corrected chi connectivity index (χ1v) is 5.69. The molecule has 0 radical (unpaired) electrons. The Balaban J connectivity index is 2.64. The van der Waals surface area contributed by atoms with Crippen molar-refractivity contribution in [3.8, 4) is 5.82 Å². The minimum absolute atomic E-state index is 0.0309. The molecule has 2 heterocycles. The summed E-state index contributed by atoms with van der Waals surface area (Å²) in [4.78, 5) is 15.6. The average Bonchev–Trinajstić information content (AvgIpc) is 2.19. The molecule has 0 aliphatic heterocycles. The normalized spacial score (nSPS) is 10.4. The van der Waals surface area contributed by atoms with Gasteiger partial charge in [0.15, 0.2) is 5.43 Å². The summed E-state index contributed by atoms with van der Waals surface area (Å²) >= 11 is 3.34. The van der Waals surface area contributed by atoms with E-state index in [-0.39, 0.29) is 5.43 Å². The molecular formula is C12H11BrN2O. The molecule has 0 bridgehead atoms. The number of nitrogens with zero attached hydrogens (tertiary/aromatic N) is 2. The third-order valence-corrected chi connectivity index (χ3v) is 2.82. The van der Waals surface area contributed by atoms with Gasteiger partial charge in [0.25, 0.3) is 0 Å². The van der Waals surface area contributed by atoms with E-state index in [1.165, 1.54) is 0 Å². The topological polar surface area (TPSA) is 34.9 Å². The van der Waals surface area contributed by atoms with Crippen LogP contribution in [0.15, 0.2) is 39.7 Å². The van der Waals surface area contributed by atoms with Crippen LogP contribution in [0.25, 0.3) is 5.82 Å². The number of aryl methyl sites for hydroxylation is 2. The number of pyridine rings is 2. The van der Waals surface area contributed by atoms with Gasteiger partial charge >= 0.3 is 0 Å². The van der Waals surface area contributed by atoms with Crippen molar-refractivity contribution in [3.63, 3.8) is 0 Å².